The van der Waals surface area contributed by atoms with Gasteiger partial charge in [0.15, 0.2) is 0 Å². The molecule has 1 saturated heterocycles. The standard InChI is InChI=1S/C18H22N2O/c1-13-9-14(2)12-20(11-13)18(21)19-17-8-7-15-5-3-4-6-16(15)10-17/h3-8,10,13-14H,9,11-12H2,1-2H3,(H,19,21). The molecule has 2 aromatic carbocycles. The lowest BCUT2D eigenvalue weighted by Crippen LogP contribution is -2.44. The van der Waals surface area contributed by atoms with E-state index in [-0.39, 0.29) is 6.03 Å². The number of likely N-dealkylation sites (tertiary alicyclic amines) is 1. The van der Waals surface area contributed by atoms with Crippen molar-refractivity contribution >= 4 is 22.5 Å². The first kappa shape index (κ1) is 13.9. The summed E-state index contributed by atoms with van der Waals surface area (Å²) in [6, 6.07) is 14.3. The van der Waals surface area contributed by atoms with Gasteiger partial charge in [-0.3, -0.25) is 0 Å². The van der Waals surface area contributed by atoms with E-state index in [4.69, 9.17) is 0 Å². The molecule has 0 aromatic heterocycles. The molecule has 21 heavy (non-hydrogen) atoms. The highest BCUT2D eigenvalue weighted by Crippen LogP contribution is 2.23. The summed E-state index contributed by atoms with van der Waals surface area (Å²) < 4.78 is 0. The van der Waals surface area contributed by atoms with Gasteiger partial charge in [-0.1, -0.05) is 44.2 Å². The fourth-order valence-corrected chi connectivity index (χ4v) is 3.30. The van der Waals surface area contributed by atoms with Crippen molar-refractivity contribution in [3.05, 3.63) is 42.5 Å². The predicted octanol–water partition coefficient (Wildman–Crippen LogP) is 4.35. The maximum atomic E-state index is 12.4. The van der Waals surface area contributed by atoms with E-state index in [1.54, 1.807) is 0 Å². The molecule has 1 fully saturated rings. The number of amides is 2. The lowest BCUT2D eigenvalue weighted by molar-refractivity contribution is 0.156. The highest BCUT2D eigenvalue weighted by atomic mass is 16.2. The SMILES string of the molecule is CC1CC(C)CN(C(=O)Nc2ccc3ccccc3c2)C1. The first-order valence-electron chi connectivity index (χ1n) is 7.66. The number of nitrogens with one attached hydrogen (secondary N) is 1. The van der Waals surface area contributed by atoms with Gasteiger partial charge in [-0.25, -0.2) is 4.79 Å². The maximum absolute atomic E-state index is 12.4. The van der Waals surface area contributed by atoms with E-state index < -0.39 is 0 Å². The van der Waals surface area contributed by atoms with Crippen molar-refractivity contribution in [3.8, 4) is 0 Å². The van der Waals surface area contributed by atoms with Crippen LogP contribution >= 0.6 is 0 Å². The van der Waals surface area contributed by atoms with Crippen molar-refractivity contribution in [2.24, 2.45) is 11.8 Å². The number of hydrogen-bond donors (Lipinski definition) is 1. The highest BCUT2D eigenvalue weighted by molar-refractivity contribution is 5.93. The molecule has 1 heterocycles. The van der Waals surface area contributed by atoms with Crippen LogP contribution < -0.4 is 5.32 Å². The van der Waals surface area contributed by atoms with Crippen LogP contribution in [0.5, 0.6) is 0 Å². The van der Waals surface area contributed by atoms with E-state index in [1.807, 2.05) is 35.2 Å². The van der Waals surface area contributed by atoms with Crippen LogP contribution in [0.1, 0.15) is 20.3 Å². The topological polar surface area (TPSA) is 32.3 Å². The molecule has 1 aliphatic heterocycles. The van der Waals surface area contributed by atoms with Gasteiger partial charge in [0, 0.05) is 18.8 Å². The normalized spacial score (nSPS) is 22.3. The molecular weight excluding hydrogens is 260 g/mol. The van der Waals surface area contributed by atoms with E-state index in [9.17, 15) is 4.79 Å². The van der Waals surface area contributed by atoms with Crippen LogP contribution in [0.25, 0.3) is 10.8 Å². The number of fused-ring (bicyclic) bond motifs is 1. The molecule has 2 unspecified atom stereocenters. The van der Waals surface area contributed by atoms with Crippen molar-refractivity contribution in [3.63, 3.8) is 0 Å². The second-order valence-corrected chi connectivity index (χ2v) is 6.34. The van der Waals surface area contributed by atoms with Crippen molar-refractivity contribution in [2.45, 2.75) is 20.3 Å². The summed E-state index contributed by atoms with van der Waals surface area (Å²) in [7, 11) is 0. The van der Waals surface area contributed by atoms with Crippen LogP contribution in [-0.2, 0) is 0 Å². The average molecular weight is 282 g/mol. The Morgan fingerprint density at radius 2 is 1.71 bits per heavy atom. The van der Waals surface area contributed by atoms with Gasteiger partial charge in [0.25, 0.3) is 0 Å². The summed E-state index contributed by atoms with van der Waals surface area (Å²) in [6.07, 6.45) is 1.21. The van der Waals surface area contributed by atoms with Gasteiger partial charge >= 0.3 is 6.03 Å². The molecule has 0 aliphatic carbocycles. The molecule has 110 valence electrons. The Bertz CT molecular complexity index is 642. The third-order valence-electron chi connectivity index (χ3n) is 4.16. The molecule has 2 amide bonds. The van der Waals surface area contributed by atoms with Crippen LogP contribution in [0.2, 0.25) is 0 Å². The summed E-state index contributed by atoms with van der Waals surface area (Å²) in [5.74, 6) is 1.16. The second kappa shape index (κ2) is 5.76. The molecule has 0 spiro atoms. The lowest BCUT2D eigenvalue weighted by Gasteiger charge is -2.34. The minimum absolute atomic E-state index is 0.0173. The Morgan fingerprint density at radius 1 is 1.05 bits per heavy atom. The summed E-state index contributed by atoms with van der Waals surface area (Å²) in [5.41, 5.74) is 0.865. The molecule has 2 aromatic rings. The smallest absolute Gasteiger partial charge is 0.321 e. The largest absolute Gasteiger partial charge is 0.324 e. The number of anilines is 1. The second-order valence-electron chi connectivity index (χ2n) is 6.34. The molecule has 3 nitrogen and oxygen atoms in total. The van der Waals surface area contributed by atoms with E-state index >= 15 is 0 Å². The van der Waals surface area contributed by atoms with Gasteiger partial charge in [-0.2, -0.15) is 0 Å². The number of carbonyl (C=O) groups excluding carboxylic acids is 1. The summed E-state index contributed by atoms with van der Waals surface area (Å²) in [6.45, 7) is 6.13. The van der Waals surface area contributed by atoms with Gasteiger partial charge in [-0.15, -0.1) is 0 Å². The number of hydrogen-bond acceptors (Lipinski definition) is 1. The molecule has 0 saturated carbocycles. The number of benzene rings is 2. The van der Waals surface area contributed by atoms with Crippen LogP contribution in [-0.4, -0.2) is 24.0 Å². The molecule has 1 aliphatic rings. The van der Waals surface area contributed by atoms with Gasteiger partial charge in [0.1, 0.15) is 0 Å². The number of nitrogens with zero attached hydrogens (tertiary/aromatic N) is 1. The Morgan fingerprint density at radius 3 is 2.43 bits per heavy atom. The van der Waals surface area contributed by atoms with Crippen LogP contribution in [0, 0.1) is 11.8 Å². The minimum Gasteiger partial charge on any atom is -0.324 e. The lowest BCUT2D eigenvalue weighted by atomic mass is 9.92. The molecule has 3 heteroatoms. The summed E-state index contributed by atoms with van der Waals surface area (Å²) in [4.78, 5) is 14.3. The zero-order valence-electron chi connectivity index (χ0n) is 12.7. The van der Waals surface area contributed by atoms with Crippen molar-refractivity contribution in [1.82, 2.24) is 4.90 Å². The maximum Gasteiger partial charge on any atom is 0.321 e. The van der Waals surface area contributed by atoms with Crippen molar-refractivity contribution in [1.29, 1.82) is 0 Å². The summed E-state index contributed by atoms with van der Waals surface area (Å²) in [5, 5.41) is 5.37. The van der Waals surface area contributed by atoms with Gasteiger partial charge in [0.2, 0.25) is 0 Å². The number of carbonyl (C=O) groups is 1. The summed E-state index contributed by atoms with van der Waals surface area (Å²) >= 11 is 0. The Balaban J connectivity index is 1.73. The molecule has 2 atom stereocenters. The van der Waals surface area contributed by atoms with Crippen molar-refractivity contribution < 1.29 is 4.79 Å². The molecule has 1 N–H and O–H groups in total. The molecule has 3 rings (SSSR count). The molecule has 0 bridgehead atoms. The number of urea groups is 1. The third kappa shape index (κ3) is 3.18. The monoisotopic (exact) mass is 282 g/mol. The first-order chi connectivity index (χ1) is 10.1. The fraction of sp³-hybridized carbons (Fsp3) is 0.389. The molecule has 0 radical (unpaired) electrons. The number of rotatable bonds is 1. The Labute approximate surface area is 125 Å². The van der Waals surface area contributed by atoms with E-state index in [1.165, 1.54) is 11.8 Å². The van der Waals surface area contributed by atoms with E-state index in [0.717, 1.165) is 24.2 Å². The van der Waals surface area contributed by atoms with Gasteiger partial charge in [-0.05, 0) is 41.2 Å². The predicted molar refractivity (Wildman–Crippen MR) is 87.5 cm³/mol. The van der Waals surface area contributed by atoms with E-state index in [0.29, 0.717) is 11.8 Å². The Hall–Kier alpha value is -2.03. The van der Waals surface area contributed by atoms with E-state index in [2.05, 4.69) is 31.3 Å². The molecular formula is C18H22N2O. The van der Waals surface area contributed by atoms with Gasteiger partial charge < -0.3 is 10.2 Å². The Kier molecular flexibility index (Phi) is 3.82. The average Bonchev–Trinajstić information content (AvgIpc) is 2.46. The third-order valence-corrected chi connectivity index (χ3v) is 4.16. The van der Waals surface area contributed by atoms with Crippen molar-refractivity contribution in [2.75, 3.05) is 18.4 Å². The van der Waals surface area contributed by atoms with Crippen LogP contribution in [0.3, 0.4) is 0 Å². The zero-order valence-corrected chi connectivity index (χ0v) is 12.7. The fourth-order valence-electron chi connectivity index (χ4n) is 3.30. The number of piperidine rings is 1. The quantitative estimate of drug-likeness (QED) is 0.828. The van der Waals surface area contributed by atoms with Crippen LogP contribution in [0.15, 0.2) is 42.5 Å². The minimum atomic E-state index is 0.0173. The zero-order chi connectivity index (χ0) is 14.8. The first-order valence-corrected chi connectivity index (χ1v) is 7.66. The van der Waals surface area contributed by atoms with Crippen LogP contribution in [0.4, 0.5) is 10.5 Å². The highest BCUT2D eigenvalue weighted by Gasteiger charge is 2.25. The van der Waals surface area contributed by atoms with Gasteiger partial charge in [0.05, 0.1) is 0 Å².